The van der Waals surface area contributed by atoms with Gasteiger partial charge in [0.2, 0.25) is 0 Å². The standard InChI is InChI=1S/C14H16O8/c1-14(21,13(19)20)11(17)7-22-12(18)5-3-8-2-4-9(15)10(16)6-8/h2-6,11,15-17,21H,7H2,1H3,(H,19,20)/t11-,14-/m1/s1. The van der Waals surface area contributed by atoms with Crippen LogP contribution in [0.4, 0.5) is 0 Å². The van der Waals surface area contributed by atoms with Gasteiger partial charge in [-0.15, -0.1) is 0 Å². The molecule has 22 heavy (non-hydrogen) atoms. The molecule has 1 aromatic rings. The summed E-state index contributed by atoms with van der Waals surface area (Å²) in [5, 5.41) is 45.9. The number of hydrogen-bond donors (Lipinski definition) is 5. The molecule has 0 fully saturated rings. The van der Waals surface area contributed by atoms with Gasteiger partial charge in [0.25, 0.3) is 0 Å². The molecule has 0 radical (unpaired) electrons. The van der Waals surface area contributed by atoms with Crippen LogP contribution in [0.25, 0.3) is 6.08 Å². The van der Waals surface area contributed by atoms with Crippen LogP contribution in [0.5, 0.6) is 11.5 Å². The zero-order chi connectivity index (χ0) is 16.9. The fourth-order valence-electron chi connectivity index (χ4n) is 1.32. The van der Waals surface area contributed by atoms with Gasteiger partial charge in [-0.05, 0) is 30.7 Å². The Bertz CT molecular complexity index is 591. The van der Waals surface area contributed by atoms with Gasteiger partial charge in [-0.25, -0.2) is 9.59 Å². The number of esters is 1. The molecule has 0 spiro atoms. The molecule has 5 N–H and O–H groups in total. The lowest BCUT2D eigenvalue weighted by Gasteiger charge is -2.23. The normalized spacial score (nSPS) is 15.2. The third kappa shape index (κ3) is 4.47. The van der Waals surface area contributed by atoms with Gasteiger partial charge in [0.1, 0.15) is 12.7 Å². The van der Waals surface area contributed by atoms with E-state index in [0.717, 1.165) is 13.0 Å². The van der Waals surface area contributed by atoms with Crippen LogP contribution in [0.2, 0.25) is 0 Å². The van der Waals surface area contributed by atoms with E-state index in [4.69, 9.17) is 10.2 Å². The van der Waals surface area contributed by atoms with Crippen LogP contribution in [0.1, 0.15) is 12.5 Å². The van der Waals surface area contributed by atoms with Crippen molar-refractivity contribution in [2.75, 3.05) is 6.61 Å². The highest BCUT2D eigenvalue weighted by Gasteiger charge is 2.39. The Morgan fingerprint density at radius 2 is 1.95 bits per heavy atom. The number of rotatable bonds is 6. The van der Waals surface area contributed by atoms with Gasteiger partial charge in [0, 0.05) is 6.08 Å². The van der Waals surface area contributed by atoms with Gasteiger partial charge in [0.15, 0.2) is 17.1 Å². The van der Waals surface area contributed by atoms with E-state index in [0.29, 0.717) is 5.56 Å². The maximum atomic E-state index is 11.4. The second kappa shape index (κ2) is 6.92. The lowest BCUT2D eigenvalue weighted by atomic mass is 10.0. The molecule has 8 nitrogen and oxygen atoms in total. The summed E-state index contributed by atoms with van der Waals surface area (Å²) in [6, 6.07) is 3.88. The van der Waals surface area contributed by atoms with Crippen LogP contribution in [0.15, 0.2) is 24.3 Å². The number of aliphatic hydroxyl groups excluding tert-OH is 1. The third-order valence-corrected chi connectivity index (χ3v) is 2.88. The van der Waals surface area contributed by atoms with E-state index in [1.54, 1.807) is 0 Å². The number of aliphatic hydroxyl groups is 2. The number of ether oxygens (including phenoxy) is 1. The van der Waals surface area contributed by atoms with E-state index in [2.05, 4.69) is 4.74 Å². The smallest absolute Gasteiger partial charge is 0.338 e. The van der Waals surface area contributed by atoms with E-state index in [9.17, 15) is 24.9 Å². The molecule has 2 atom stereocenters. The number of benzene rings is 1. The first-order chi connectivity index (χ1) is 10.1. The first-order valence-electron chi connectivity index (χ1n) is 6.15. The lowest BCUT2D eigenvalue weighted by Crippen LogP contribution is -2.49. The van der Waals surface area contributed by atoms with Crippen molar-refractivity contribution >= 4 is 18.0 Å². The molecule has 0 aliphatic heterocycles. The largest absolute Gasteiger partial charge is 0.504 e. The molecule has 0 saturated carbocycles. The Balaban J connectivity index is 2.58. The van der Waals surface area contributed by atoms with Crippen molar-refractivity contribution in [2.24, 2.45) is 0 Å². The number of carbonyl (C=O) groups excluding carboxylic acids is 1. The molecular formula is C14H16O8. The highest BCUT2D eigenvalue weighted by atomic mass is 16.5. The monoisotopic (exact) mass is 312 g/mol. The zero-order valence-corrected chi connectivity index (χ0v) is 11.6. The summed E-state index contributed by atoms with van der Waals surface area (Å²) in [6.07, 6.45) is 0.470. The number of phenols is 2. The zero-order valence-electron chi connectivity index (χ0n) is 11.6. The Labute approximate surface area is 125 Å². The summed E-state index contributed by atoms with van der Waals surface area (Å²) < 4.78 is 4.61. The summed E-state index contributed by atoms with van der Waals surface area (Å²) in [7, 11) is 0. The molecule has 0 unspecified atom stereocenters. The summed E-state index contributed by atoms with van der Waals surface area (Å²) in [6.45, 7) is 0.173. The van der Waals surface area contributed by atoms with Crippen molar-refractivity contribution in [3.05, 3.63) is 29.8 Å². The first kappa shape index (κ1) is 17.5. The minimum atomic E-state index is -2.44. The van der Waals surface area contributed by atoms with Crippen molar-refractivity contribution in [3.63, 3.8) is 0 Å². The lowest BCUT2D eigenvalue weighted by molar-refractivity contribution is -0.175. The predicted octanol–water partition coefficient (Wildman–Crippen LogP) is -0.149. The maximum absolute atomic E-state index is 11.4. The van der Waals surface area contributed by atoms with Crippen molar-refractivity contribution < 1.29 is 39.9 Å². The highest BCUT2D eigenvalue weighted by molar-refractivity contribution is 5.87. The third-order valence-electron chi connectivity index (χ3n) is 2.88. The van der Waals surface area contributed by atoms with E-state index in [1.165, 1.54) is 24.3 Å². The summed E-state index contributed by atoms with van der Waals surface area (Å²) in [5.74, 6) is -3.19. The van der Waals surface area contributed by atoms with Gasteiger partial charge >= 0.3 is 11.9 Å². The SMILES string of the molecule is C[C@](O)(C(=O)O)[C@H](O)COC(=O)C=Cc1ccc(O)c(O)c1. The Hall–Kier alpha value is -2.58. The molecule has 1 aromatic carbocycles. The van der Waals surface area contributed by atoms with E-state index >= 15 is 0 Å². The molecule has 120 valence electrons. The average molecular weight is 312 g/mol. The van der Waals surface area contributed by atoms with Gasteiger partial charge in [-0.1, -0.05) is 6.07 Å². The van der Waals surface area contributed by atoms with Crippen LogP contribution in [-0.4, -0.2) is 55.8 Å². The minimum absolute atomic E-state index is 0.307. The molecular weight excluding hydrogens is 296 g/mol. The molecule has 0 aliphatic rings. The molecule has 8 heteroatoms. The van der Waals surface area contributed by atoms with E-state index in [1.807, 2.05) is 0 Å². The number of aromatic hydroxyl groups is 2. The average Bonchev–Trinajstić information content (AvgIpc) is 2.45. The minimum Gasteiger partial charge on any atom is -0.504 e. The van der Waals surface area contributed by atoms with Gasteiger partial charge in [-0.2, -0.15) is 0 Å². The van der Waals surface area contributed by atoms with Crippen molar-refractivity contribution in [3.8, 4) is 11.5 Å². The number of phenolic OH excluding ortho intramolecular Hbond substituents is 2. The Kier molecular flexibility index (Phi) is 5.50. The van der Waals surface area contributed by atoms with Gasteiger partial charge < -0.3 is 30.3 Å². The summed E-state index contributed by atoms with van der Waals surface area (Å²) in [4.78, 5) is 22.1. The number of carboxylic acids is 1. The van der Waals surface area contributed by atoms with Crippen LogP contribution >= 0.6 is 0 Å². The van der Waals surface area contributed by atoms with Crippen LogP contribution < -0.4 is 0 Å². The van der Waals surface area contributed by atoms with E-state index < -0.39 is 30.3 Å². The molecule has 0 aliphatic carbocycles. The number of carboxylic acid groups (broad SMARTS) is 1. The van der Waals surface area contributed by atoms with Crippen molar-refractivity contribution in [2.45, 2.75) is 18.6 Å². The van der Waals surface area contributed by atoms with E-state index in [-0.39, 0.29) is 11.5 Å². The Morgan fingerprint density at radius 1 is 1.32 bits per heavy atom. The number of carbonyl (C=O) groups is 2. The number of hydrogen-bond acceptors (Lipinski definition) is 7. The van der Waals surface area contributed by atoms with Crippen molar-refractivity contribution in [1.82, 2.24) is 0 Å². The van der Waals surface area contributed by atoms with Gasteiger partial charge in [-0.3, -0.25) is 0 Å². The van der Waals surface area contributed by atoms with Gasteiger partial charge in [0.05, 0.1) is 0 Å². The molecule has 0 amide bonds. The topological polar surface area (TPSA) is 145 Å². The molecule has 0 bridgehead atoms. The summed E-state index contributed by atoms with van der Waals surface area (Å²) in [5.41, 5.74) is -2.03. The number of aliphatic carboxylic acids is 1. The maximum Gasteiger partial charge on any atom is 0.338 e. The quantitative estimate of drug-likeness (QED) is 0.277. The second-order valence-corrected chi connectivity index (χ2v) is 4.68. The second-order valence-electron chi connectivity index (χ2n) is 4.68. The molecule has 0 aromatic heterocycles. The van der Waals surface area contributed by atoms with Crippen molar-refractivity contribution in [1.29, 1.82) is 0 Å². The summed E-state index contributed by atoms with van der Waals surface area (Å²) >= 11 is 0. The Morgan fingerprint density at radius 3 is 2.50 bits per heavy atom. The van der Waals surface area contributed by atoms with Crippen LogP contribution in [0, 0.1) is 0 Å². The fourth-order valence-corrected chi connectivity index (χ4v) is 1.32. The predicted molar refractivity (Wildman–Crippen MR) is 74.0 cm³/mol. The molecule has 0 heterocycles. The fraction of sp³-hybridized carbons (Fsp3) is 0.286. The van der Waals surface area contributed by atoms with Crippen LogP contribution in [0.3, 0.4) is 0 Å². The molecule has 0 saturated heterocycles. The molecule has 1 rings (SSSR count). The highest BCUT2D eigenvalue weighted by Crippen LogP contribution is 2.25. The first-order valence-corrected chi connectivity index (χ1v) is 6.15. The van der Waals surface area contributed by atoms with Crippen LogP contribution in [-0.2, 0) is 14.3 Å².